The maximum absolute atomic E-state index is 12.7. The molecule has 2 heterocycles. The van der Waals surface area contributed by atoms with Crippen LogP contribution in [-0.4, -0.2) is 21.8 Å². The van der Waals surface area contributed by atoms with Gasteiger partial charge in [-0.2, -0.15) is 0 Å². The number of carbonyl (C=O) groups is 1. The van der Waals surface area contributed by atoms with Crippen molar-refractivity contribution in [3.63, 3.8) is 0 Å². The lowest BCUT2D eigenvalue weighted by molar-refractivity contribution is 0.102. The van der Waals surface area contributed by atoms with Crippen LogP contribution in [0.5, 0.6) is 5.88 Å². The van der Waals surface area contributed by atoms with Gasteiger partial charge in [0.2, 0.25) is 5.88 Å². The molecule has 0 unspecified atom stereocenters. The highest BCUT2D eigenvalue weighted by molar-refractivity contribution is 7.10. The molecule has 0 radical (unpaired) electrons. The average molecular weight is 591 g/mol. The first-order chi connectivity index (χ1) is 17.7. The first kappa shape index (κ1) is 25.6. The normalized spacial score (nSPS) is 13.2. The number of aliphatic imine (C=N–C) groups is 1. The van der Waals surface area contributed by atoms with E-state index in [0.717, 1.165) is 22.5 Å². The highest BCUT2D eigenvalue weighted by Crippen LogP contribution is 2.37. The lowest BCUT2D eigenvalue weighted by atomic mass is 10.1. The van der Waals surface area contributed by atoms with Crippen LogP contribution in [0.1, 0.15) is 26.4 Å². The van der Waals surface area contributed by atoms with E-state index in [2.05, 4.69) is 10.3 Å². The number of benzene rings is 3. The van der Waals surface area contributed by atoms with Crippen molar-refractivity contribution in [1.82, 2.24) is 4.57 Å². The van der Waals surface area contributed by atoms with Crippen LogP contribution in [0.4, 0.5) is 11.4 Å². The fourth-order valence-corrected chi connectivity index (χ4v) is 5.19. The van der Waals surface area contributed by atoms with Gasteiger partial charge in [-0.3, -0.25) is 19.1 Å². The van der Waals surface area contributed by atoms with Crippen molar-refractivity contribution in [1.29, 1.82) is 0 Å². The van der Waals surface area contributed by atoms with Crippen LogP contribution in [0.2, 0.25) is 20.1 Å². The molecule has 1 aliphatic rings. The molecule has 5 rings (SSSR count). The summed E-state index contributed by atoms with van der Waals surface area (Å²) in [4.78, 5) is 29.8. The summed E-state index contributed by atoms with van der Waals surface area (Å²) in [5.41, 5.74) is 3.74. The molecule has 186 valence electrons. The molecule has 0 fully saturated rings. The van der Waals surface area contributed by atoms with Gasteiger partial charge in [0.05, 0.1) is 37.2 Å². The van der Waals surface area contributed by atoms with Crippen LogP contribution in [0.25, 0.3) is 11.6 Å². The largest absolute Gasteiger partial charge is 0.493 e. The molecule has 1 aliphatic heterocycles. The molecule has 6 nitrogen and oxygen atoms in total. The number of hydrogen-bond acceptors (Lipinski definition) is 5. The number of carbonyl (C=O) groups excluding carboxylic acids is 1. The SMILES string of the molecule is O=C(Nc1ccc2c(c1)C(=Cc1sc(=O)n(Cc3ccc(Cl)c(Cl)c3)c1O)C=N2)c1ccc(Cl)c(Cl)c1. The fraction of sp³-hybridized carbons (Fsp3) is 0.0385. The van der Waals surface area contributed by atoms with E-state index in [1.54, 1.807) is 60.8 Å². The summed E-state index contributed by atoms with van der Waals surface area (Å²) >= 11 is 24.9. The number of anilines is 1. The van der Waals surface area contributed by atoms with E-state index >= 15 is 0 Å². The number of rotatable bonds is 5. The summed E-state index contributed by atoms with van der Waals surface area (Å²) < 4.78 is 1.26. The topological polar surface area (TPSA) is 83.7 Å². The molecule has 11 heteroatoms. The van der Waals surface area contributed by atoms with Gasteiger partial charge in [0.15, 0.2) is 0 Å². The monoisotopic (exact) mass is 589 g/mol. The van der Waals surface area contributed by atoms with Crippen LogP contribution in [-0.2, 0) is 6.54 Å². The van der Waals surface area contributed by atoms with Gasteiger partial charge in [-0.25, -0.2) is 0 Å². The molecule has 2 N–H and O–H groups in total. The van der Waals surface area contributed by atoms with Crippen molar-refractivity contribution in [2.24, 2.45) is 4.99 Å². The summed E-state index contributed by atoms with van der Waals surface area (Å²) in [5.74, 6) is -0.516. The summed E-state index contributed by atoms with van der Waals surface area (Å²) in [5, 5.41) is 15.0. The number of amides is 1. The van der Waals surface area contributed by atoms with Crippen molar-refractivity contribution in [3.05, 3.63) is 106 Å². The van der Waals surface area contributed by atoms with E-state index in [9.17, 15) is 14.7 Å². The summed E-state index contributed by atoms with van der Waals surface area (Å²) in [6, 6.07) is 14.9. The third kappa shape index (κ3) is 5.32. The molecule has 0 spiro atoms. The lowest BCUT2D eigenvalue weighted by Crippen LogP contribution is -2.13. The first-order valence-corrected chi connectivity index (χ1v) is 13.1. The van der Waals surface area contributed by atoms with E-state index in [-0.39, 0.29) is 28.2 Å². The van der Waals surface area contributed by atoms with E-state index in [0.29, 0.717) is 42.5 Å². The number of aromatic nitrogens is 1. The van der Waals surface area contributed by atoms with Gasteiger partial charge in [0.25, 0.3) is 5.91 Å². The Morgan fingerprint density at radius 2 is 1.70 bits per heavy atom. The van der Waals surface area contributed by atoms with Crippen LogP contribution < -0.4 is 10.2 Å². The molecule has 1 amide bonds. The summed E-state index contributed by atoms with van der Waals surface area (Å²) in [6.07, 6.45) is 3.33. The maximum atomic E-state index is 12.7. The van der Waals surface area contributed by atoms with Crippen LogP contribution in [0.3, 0.4) is 0 Å². The van der Waals surface area contributed by atoms with Gasteiger partial charge < -0.3 is 10.4 Å². The van der Waals surface area contributed by atoms with Crippen LogP contribution >= 0.6 is 57.7 Å². The average Bonchev–Trinajstić information content (AvgIpc) is 3.38. The summed E-state index contributed by atoms with van der Waals surface area (Å²) in [7, 11) is 0. The molecular weight excluding hydrogens is 576 g/mol. The van der Waals surface area contributed by atoms with Gasteiger partial charge in [0.1, 0.15) is 0 Å². The van der Waals surface area contributed by atoms with E-state index < -0.39 is 0 Å². The van der Waals surface area contributed by atoms with E-state index in [1.807, 2.05) is 0 Å². The Hall–Kier alpha value is -3.07. The predicted octanol–water partition coefficient (Wildman–Crippen LogP) is 7.79. The van der Waals surface area contributed by atoms with Crippen molar-refractivity contribution in [2.45, 2.75) is 6.54 Å². The Balaban J connectivity index is 1.41. The zero-order valence-electron chi connectivity index (χ0n) is 18.6. The molecule has 0 bridgehead atoms. The van der Waals surface area contributed by atoms with Crippen molar-refractivity contribution >= 4 is 92.9 Å². The Morgan fingerprint density at radius 1 is 0.973 bits per heavy atom. The number of fused-ring (bicyclic) bond motifs is 1. The molecule has 0 saturated carbocycles. The smallest absolute Gasteiger partial charge is 0.310 e. The minimum atomic E-state index is -0.349. The second kappa shape index (κ2) is 10.4. The Labute approximate surface area is 235 Å². The van der Waals surface area contributed by atoms with Crippen LogP contribution in [0.15, 0.2) is 64.4 Å². The number of nitrogens with zero attached hydrogens (tertiary/aromatic N) is 2. The summed E-state index contributed by atoms with van der Waals surface area (Å²) in [6.45, 7) is 0.136. The highest BCUT2D eigenvalue weighted by atomic mass is 35.5. The molecule has 0 aliphatic carbocycles. The zero-order valence-corrected chi connectivity index (χ0v) is 22.5. The molecule has 0 saturated heterocycles. The number of allylic oxidation sites excluding steroid dienone is 1. The second-order valence-corrected chi connectivity index (χ2v) is 10.7. The minimum Gasteiger partial charge on any atom is -0.493 e. The number of thiazole rings is 1. The van der Waals surface area contributed by atoms with Crippen molar-refractivity contribution < 1.29 is 9.90 Å². The van der Waals surface area contributed by atoms with E-state index in [4.69, 9.17) is 46.4 Å². The molecule has 1 aromatic heterocycles. The number of nitrogens with one attached hydrogen (secondary N) is 1. The minimum absolute atomic E-state index is 0.136. The van der Waals surface area contributed by atoms with Gasteiger partial charge in [-0.05, 0) is 60.2 Å². The third-order valence-corrected chi connectivity index (χ3v) is 7.99. The zero-order chi connectivity index (χ0) is 26.3. The van der Waals surface area contributed by atoms with Gasteiger partial charge >= 0.3 is 4.87 Å². The Morgan fingerprint density at radius 3 is 2.43 bits per heavy atom. The molecule has 4 aromatic rings. The standard InChI is InChI=1S/C26H15Cl4N3O3S/c27-18-4-1-13(7-20(18)29)12-33-25(35)23(37-26(33)36)9-15-11-31-22-6-3-16(10-17(15)22)32-24(34)14-2-5-19(28)21(30)8-14/h1-11,35H,12H2,(H,32,34). The van der Waals surface area contributed by atoms with Crippen LogP contribution in [0, 0.1) is 0 Å². The fourth-order valence-electron chi connectivity index (χ4n) is 3.73. The van der Waals surface area contributed by atoms with Gasteiger partial charge in [-0.15, -0.1) is 0 Å². The predicted molar refractivity (Wildman–Crippen MR) is 153 cm³/mol. The first-order valence-electron chi connectivity index (χ1n) is 10.7. The third-order valence-electron chi connectivity index (χ3n) is 5.59. The Bertz CT molecular complexity index is 1690. The quantitative estimate of drug-likeness (QED) is 0.249. The molecule has 37 heavy (non-hydrogen) atoms. The second-order valence-electron chi connectivity index (χ2n) is 8.06. The maximum Gasteiger partial charge on any atom is 0.310 e. The Kier molecular flexibility index (Phi) is 7.16. The number of halogens is 4. The molecule has 0 atom stereocenters. The number of hydrogen-bond donors (Lipinski definition) is 2. The highest BCUT2D eigenvalue weighted by Gasteiger charge is 2.18. The van der Waals surface area contributed by atoms with Gasteiger partial charge in [0, 0.05) is 28.6 Å². The number of aromatic hydroxyl groups is 1. The van der Waals surface area contributed by atoms with Crippen molar-refractivity contribution in [3.8, 4) is 5.88 Å². The molecular formula is C26H15Cl4N3O3S. The van der Waals surface area contributed by atoms with Crippen molar-refractivity contribution in [2.75, 3.05) is 5.32 Å². The van der Waals surface area contributed by atoms with E-state index in [1.165, 1.54) is 10.6 Å². The lowest BCUT2D eigenvalue weighted by Gasteiger charge is -2.08. The van der Waals surface area contributed by atoms with Gasteiger partial charge in [-0.1, -0.05) is 63.8 Å². The molecule has 3 aromatic carbocycles.